The summed E-state index contributed by atoms with van der Waals surface area (Å²) in [5, 5.41) is 11.5. The minimum Gasteiger partial charge on any atom is -0.464 e. The van der Waals surface area contributed by atoms with Gasteiger partial charge in [0.25, 0.3) is 0 Å². The zero-order chi connectivity index (χ0) is 22.8. The normalized spacial score (nSPS) is 15.5. The van der Waals surface area contributed by atoms with Crippen LogP contribution >= 0.6 is 0 Å². The molecule has 0 saturated carbocycles. The Bertz CT molecular complexity index is 1280. The minimum atomic E-state index is -0.139. The van der Waals surface area contributed by atoms with Gasteiger partial charge in [-0.3, -0.25) is 0 Å². The van der Waals surface area contributed by atoms with Crippen LogP contribution in [0.25, 0.3) is 11.0 Å². The van der Waals surface area contributed by atoms with E-state index < -0.39 is 0 Å². The van der Waals surface area contributed by atoms with E-state index in [1.807, 2.05) is 44.2 Å². The summed E-state index contributed by atoms with van der Waals surface area (Å²) in [6.45, 7) is 8.33. The van der Waals surface area contributed by atoms with Crippen molar-refractivity contribution >= 4 is 17.0 Å². The third-order valence-electron chi connectivity index (χ3n) is 6.31. The van der Waals surface area contributed by atoms with Crippen LogP contribution in [0.2, 0.25) is 0 Å². The molecule has 0 atom stereocenters. The van der Waals surface area contributed by atoms with E-state index in [1.54, 1.807) is 0 Å². The number of imidazole rings is 1. The molecular formula is C23H30N8O2. The number of hydrogen-bond donors (Lipinski definition) is 1. The summed E-state index contributed by atoms with van der Waals surface area (Å²) in [5.74, 6) is 2.71. The van der Waals surface area contributed by atoms with Gasteiger partial charge in [0.2, 0.25) is 5.95 Å². The summed E-state index contributed by atoms with van der Waals surface area (Å²) in [5.41, 5.74) is 1.93. The zero-order valence-electron chi connectivity index (χ0n) is 19.1. The van der Waals surface area contributed by atoms with Crippen molar-refractivity contribution in [1.29, 1.82) is 0 Å². The van der Waals surface area contributed by atoms with Crippen LogP contribution < -0.4 is 11.0 Å². The highest BCUT2D eigenvalue weighted by Crippen LogP contribution is 2.24. The molecule has 0 amide bonds. The van der Waals surface area contributed by atoms with Crippen LogP contribution in [0, 0.1) is 6.92 Å². The quantitative estimate of drug-likeness (QED) is 0.440. The number of aromatic nitrogens is 6. The number of fused-ring (bicyclic) bond motifs is 1. The molecular weight excluding hydrogens is 420 g/mol. The molecule has 1 N–H and O–H groups in total. The first-order chi connectivity index (χ1) is 16.1. The maximum atomic E-state index is 12.1. The van der Waals surface area contributed by atoms with Crippen molar-refractivity contribution in [1.82, 2.24) is 34.2 Å². The Kier molecular flexibility index (Phi) is 5.99. The summed E-state index contributed by atoms with van der Waals surface area (Å²) in [4.78, 5) is 19.4. The Morgan fingerprint density at radius 3 is 2.58 bits per heavy atom. The third-order valence-corrected chi connectivity index (χ3v) is 6.31. The smallest absolute Gasteiger partial charge is 0.363 e. The van der Waals surface area contributed by atoms with Crippen molar-refractivity contribution in [3.8, 4) is 0 Å². The van der Waals surface area contributed by atoms with Gasteiger partial charge in [-0.1, -0.05) is 12.1 Å². The van der Waals surface area contributed by atoms with Gasteiger partial charge in [-0.15, -0.1) is 0 Å². The van der Waals surface area contributed by atoms with Crippen molar-refractivity contribution in [2.45, 2.75) is 52.4 Å². The Hall–Kier alpha value is -3.40. The summed E-state index contributed by atoms with van der Waals surface area (Å²) in [7, 11) is 0. The van der Waals surface area contributed by atoms with E-state index in [0.717, 1.165) is 61.0 Å². The Morgan fingerprint density at radius 1 is 1.06 bits per heavy atom. The molecule has 3 aromatic heterocycles. The number of hydrogen-bond acceptors (Lipinski definition) is 7. The largest absolute Gasteiger partial charge is 0.464 e. The van der Waals surface area contributed by atoms with E-state index >= 15 is 0 Å². The van der Waals surface area contributed by atoms with Gasteiger partial charge in [0, 0.05) is 32.2 Å². The monoisotopic (exact) mass is 450 g/mol. The van der Waals surface area contributed by atoms with Crippen LogP contribution in [0.3, 0.4) is 0 Å². The lowest BCUT2D eigenvalue weighted by atomic mass is 10.1. The van der Waals surface area contributed by atoms with Gasteiger partial charge in [-0.25, -0.2) is 9.78 Å². The molecule has 5 rings (SSSR count). The standard InChI is InChI=1S/C23H30N8O2/c1-3-30-23(32)31(27-26-30)15-14-28-12-10-18(11-13-28)24-22-25-20-6-4-5-7-21(20)29(22)16-19-9-8-17(2)33-19/h4-9,18H,3,10-16H2,1-2H3,(H,24,25). The predicted octanol–water partition coefficient (Wildman–Crippen LogP) is 2.34. The van der Waals surface area contributed by atoms with Gasteiger partial charge < -0.3 is 19.2 Å². The maximum absolute atomic E-state index is 12.1. The molecule has 33 heavy (non-hydrogen) atoms. The number of benzene rings is 1. The van der Waals surface area contributed by atoms with Crippen LogP contribution in [0.1, 0.15) is 31.3 Å². The molecule has 0 unspecified atom stereocenters. The van der Waals surface area contributed by atoms with Crippen LogP contribution in [0.5, 0.6) is 0 Å². The first-order valence-electron chi connectivity index (χ1n) is 11.6. The van der Waals surface area contributed by atoms with Gasteiger partial charge in [-0.05, 0) is 61.4 Å². The molecule has 1 aliphatic rings. The topological polar surface area (TPSA) is 98.9 Å². The average Bonchev–Trinajstić information content (AvgIpc) is 3.51. The number of anilines is 1. The molecule has 1 aliphatic heterocycles. The predicted molar refractivity (Wildman–Crippen MR) is 125 cm³/mol. The number of nitrogens with zero attached hydrogens (tertiary/aromatic N) is 7. The molecule has 1 aromatic carbocycles. The van der Waals surface area contributed by atoms with Crippen LogP contribution in [0.4, 0.5) is 5.95 Å². The summed E-state index contributed by atoms with van der Waals surface area (Å²) in [6.07, 6.45) is 2.03. The summed E-state index contributed by atoms with van der Waals surface area (Å²) < 4.78 is 10.9. The molecule has 10 nitrogen and oxygen atoms in total. The molecule has 4 aromatic rings. The van der Waals surface area contributed by atoms with Crippen molar-refractivity contribution in [3.05, 3.63) is 58.4 Å². The number of nitrogens with one attached hydrogen (secondary N) is 1. The molecule has 0 radical (unpaired) electrons. The summed E-state index contributed by atoms with van der Waals surface area (Å²) in [6, 6.07) is 12.6. The van der Waals surface area contributed by atoms with Gasteiger partial charge in [0.1, 0.15) is 11.5 Å². The van der Waals surface area contributed by atoms with E-state index in [0.29, 0.717) is 25.7 Å². The first-order valence-corrected chi connectivity index (χ1v) is 11.6. The van der Waals surface area contributed by atoms with Crippen molar-refractivity contribution in [2.24, 2.45) is 0 Å². The van der Waals surface area contributed by atoms with Crippen LogP contribution in [0.15, 0.2) is 45.6 Å². The second-order valence-electron chi connectivity index (χ2n) is 8.58. The highest BCUT2D eigenvalue weighted by atomic mass is 16.3. The fourth-order valence-corrected chi connectivity index (χ4v) is 4.44. The molecule has 174 valence electrons. The van der Waals surface area contributed by atoms with Crippen molar-refractivity contribution in [2.75, 3.05) is 25.0 Å². The number of likely N-dealkylation sites (tertiary alicyclic amines) is 1. The average molecular weight is 451 g/mol. The number of piperidine rings is 1. The van der Waals surface area contributed by atoms with E-state index in [-0.39, 0.29) is 5.69 Å². The number of para-hydroxylation sites is 2. The second kappa shape index (κ2) is 9.22. The third kappa shape index (κ3) is 4.56. The lowest BCUT2D eigenvalue weighted by Crippen LogP contribution is -2.41. The van der Waals surface area contributed by atoms with Crippen molar-refractivity contribution < 1.29 is 4.42 Å². The van der Waals surface area contributed by atoms with Gasteiger partial charge in [0.15, 0.2) is 0 Å². The number of rotatable bonds is 8. The number of furan rings is 1. The number of aryl methyl sites for hydroxylation is 2. The molecule has 4 heterocycles. The SMILES string of the molecule is CCn1nnn(CCN2CCC(Nc3nc4ccccc4n3Cc3ccc(C)o3)CC2)c1=O. The Labute approximate surface area is 191 Å². The van der Waals surface area contributed by atoms with Crippen LogP contribution in [-0.4, -0.2) is 59.9 Å². The van der Waals surface area contributed by atoms with Gasteiger partial charge in [0.05, 0.1) is 24.1 Å². The van der Waals surface area contributed by atoms with E-state index in [1.165, 1.54) is 9.36 Å². The van der Waals surface area contributed by atoms with Crippen molar-refractivity contribution in [3.63, 3.8) is 0 Å². The van der Waals surface area contributed by atoms with E-state index in [4.69, 9.17) is 9.40 Å². The lowest BCUT2D eigenvalue weighted by Gasteiger charge is -2.32. The van der Waals surface area contributed by atoms with E-state index in [2.05, 4.69) is 31.3 Å². The molecule has 10 heteroatoms. The van der Waals surface area contributed by atoms with Gasteiger partial charge >= 0.3 is 5.69 Å². The molecule has 0 bridgehead atoms. The van der Waals surface area contributed by atoms with Gasteiger partial charge in [-0.2, -0.15) is 9.36 Å². The summed E-state index contributed by atoms with van der Waals surface area (Å²) >= 11 is 0. The maximum Gasteiger partial charge on any atom is 0.363 e. The minimum absolute atomic E-state index is 0.139. The van der Waals surface area contributed by atoms with Crippen LogP contribution in [-0.2, 0) is 19.6 Å². The lowest BCUT2D eigenvalue weighted by molar-refractivity contribution is 0.207. The molecule has 1 fully saturated rings. The highest BCUT2D eigenvalue weighted by molar-refractivity contribution is 5.78. The van der Waals surface area contributed by atoms with E-state index in [9.17, 15) is 4.79 Å². The molecule has 0 aliphatic carbocycles. The first kappa shape index (κ1) is 21.4. The Balaban J connectivity index is 1.22. The number of tetrazole rings is 1. The fraction of sp³-hybridized carbons (Fsp3) is 0.478. The highest BCUT2D eigenvalue weighted by Gasteiger charge is 2.22. The molecule has 1 saturated heterocycles. The zero-order valence-corrected chi connectivity index (χ0v) is 19.1. The Morgan fingerprint density at radius 2 is 1.85 bits per heavy atom. The fourth-order valence-electron chi connectivity index (χ4n) is 4.44. The second-order valence-corrected chi connectivity index (χ2v) is 8.58. The molecule has 0 spiro atoms.